The van der Waals surface area contributed by atoms with Gasteiger partial charge in [0, 0.05) is 0 Å². The molecule has 0 unspecified atom stereocenters. The Hall–Kier alpha value is -1.10. The zero-order chi connectivity index (χ0) is 6.57. The quantitative estimate of drug-likeness (QED) is 0.334. The average Bonchev–Trinajstić information content (AvgIpc) is 1.67. The van der Waals surface area contributed by atoms with Crippen molar-refractivity contribution in [2.45, 2.75) is 0 Å². The highest BCUT2D eigenvalue weighted by molar-refractivity contribution is 6.31. The molecule has 5 nitrogen and oxygen atoms in total. The smallest absolute Gasteiger partial charge is 0.396 e. The molecule has 1 amide bonds. The minimum atomic E-state index is -1.56. The van der Waals surface area contributed by atoms with Gasteiger partial charge in [-0.15, -0.1) is 0 Å². The SMILES string of the molecule is CONC(=O)C(=O)O. The van der Waals surface area contributed by atoms with Crippen LogP contribution in [0.25, 0.3) is 0 Å². The monoisotopic (exact) mass is 119 g/mol. The Morgan fingerprint density at radius 1 is 1.62 bits per heavy atom. The summed E-state index contributed by atoms with van der Waals surface area (Å²) in [6.45, 7) is 0. The van der Waals surface area contributed by atoms with Gasteiger partial charge in [-0.2, -0.15) is 0 Å². The lowest BCUT2D eigenvalue weighted by molar-refractivity contribution is -0.155. The van der Waals surface area contributed by atoms with Crippen LogP contribution >= 0.6 is 0 Å². The van der Waals surface area contributed by atoms with Gasteiger partial charge in [0.1, 0.15) is 0 Å². The summed E-state index contributed by atoms with van der Waals surface area (Å²) < 4.78 is 0. The molecule has 0 spiro atoms. The van der Waals surface area contributed by atoms with Gasteiger partial charge in [0.05, 0.1) is 7.11 Å². The summed E-state index contributed by atoms with van der Waals surface area (Å²) >= 11 is 0. The van der Waals surface area contributed by atoms with E-state index in [0.29, 0.717) is 0 Å². The molecule has 0 aromatic rings. The zero-order valence-electron chi connectivity index (χ0n) is 4.17. The molecule has 8 heavy (non-hydrogen) atoms. The Morgan fingerprint density at radius 2 is 2.12 bits per heavy atom. The van der Waals surface area contributed by atoms with Crippen molar-refractivity contribution in [1.82, 2.24) is 5.48 Å². The predicted octanol–water partition coefficient (Wildman–Crippen LogP) is -1.25. The maximum Gasteiger partial charge on any atom is 0.396 e. The number of carbonyl (C=O) groups is 2. The fraction of sp³-hybridized carbons (Fsp3) is 0.333. The highest BCUT2D eigenvalue weighted by Crippen LogP contribution is 1.62. The first-order valence-electron chi connectivity index (χ1n) is 1.74. The molecule has 0 radical (unpaired) electrons. The number of hydroxylamine groups is 1. The van der Waals surface area contributed by atoms with Crippen molar-refractivity contribution in [2.24, 2.45) is 0 Å². The third-order valence-electron chi connectivity index (χ3n) is 0.389. The number of rotatable bonds is 1. The summed E-state index contributed by atoms with van der Waals surface area (Å²) in [4.78, 5) is 23.5. The van der Waals surface area contributed by atoms with Crippen LogP contribution in [0, 0.1) is 0 Å². The van der Waals surface area contributed by atoms with Crippen LogP contribution in [-0.4, -0.2) is 24.1 Å². The molecule has 0 heterocycles. The van der Waals surface area contributed by atoms with E-state index in [9.17, 15) is 9.59 Å². The van der Waals surface area contributed by atoms with Crippen molar-refractivity contribution < 1.29 is 19.5 Å². The molecular weight excluding hydrogens is 114 g/mol. The van der Waals surface area contributed by atoms with E-state index in [-0.39, 0.29) is 0 Å². The van der Waals surface area contributed by atoms with Gasteiger partial charge in [-0.1, -0.05) is 0 Å². The Labute approximate surface area is 45.2 Å². The molecule has 0 fully saturated rings. The van der Waals surface area contributed by atoms with Gasteiger partial charge in [0.25, 0.3) is 0 Å². The number of hydrogen-bond acceptors (Lipinski definition) is 3. The lowest BCUT2D eigenvalue weighted by Crippen LogP contribution is -2.29. The molecule has 0 bridgehead atoms. The number of hydrogen-bond donors (Lipinski definition) is 2. The van der Waals surface area contributed by atoms with Crippen molar-refractivity contribution >= 4 is 11.9 Å². The van der Waals surface area contributed by atoms with E-state index in [1.165, 1.54) is 0 Å². The summed E-state index contributed by atoms with van der Waals surface area (Å²) in [5.74, 6) is -2.74. The van der Waals surface area contributed by atoms with E-state index in [2.05, 4.69) is 4.84 Å². The van der Waals surface area contributed by atoms with Crippen LogP contribution in [0.2, 0.25) is 0 Å². The van der Waals surface area contributed by atoms with Gasteiger partial charge in [-0.3, -0.25) is 9.63 Å². The summed E-state index contributed by atoms with van der Waals surface area (Å²) in [7, 11) is 1.15. The third kappa shape index (κ3) is 2.14. The predicted molar refractivity (Wildman–Crippen MR) is 22.8 cm³/mol. The Morgan fingerprint density at radius 3 is 2.25 bits per heavy atom. The van der Waals surface area contributed by atoms with Crippen LogP contribution < -0.4 is 5.48 Å². The largest absolute Gasteiger partial charge is 0.474 e. The van der Waals surface area contributed by atoms with E-state index < -0.39 is 11.9 Å². The molecule has 0 aliphatic rings. The summed E-state index contributed by atoms with van der Waals surface area (Å²) in [5, 5.41) is 7.82. The molecule has 2 N–H and O–H groups in total. The fourth-order valence-corrected chi connectivity index (χ4v) is 0.136. The van der Waals surface area contributed by atoms with E-state index in [4.69, 9.17) is 5.11 Å². The average molecular weight is 119 g/mol. The van der Waals surface area contributed by atoms with Crippen LogP contribution in [0.1, 0.15) is 0 Å². The molecule has 0 aromatic carbocycles. The van der Waals surface area contributed by atoms with E-state index >= 15 is 0 Å². The third-order valence-corrected chi connectivity index (χ3v) is 0.389. The second-order valence-electron chi connectivity index (χ2n) is 0.940. The number of carbonyl (C=O) groups excluding carboxylic acids is 1. The van der Waals surface area contributed by atoms with Crippen molar-refractivity contribution in [3.05, 3.63) is 0 Å². The minimum Gasteiger partial charge on any atom is -0.474 e. The molecule has 46 valence electrons. The molecular formula is C3H5NO4. The lowest BCUT2D eigenvalue weighted by atomic mass is 10.7. The van der Waals surface area contributed by atoms with Crippen LogP contribution in [-0.2, 0) is 14.4 Å². The number of nitrogens with one attached hydrogen (secondary N) is 1. The zero-order valence-corrected chi connectivity index (χ0v) is 4.17. The van der Waals surface area contributed by atoms with E-state index in [0.717, 1.165) is 7.11 Å². The minimum absolute atomic E-state index is 1.15. The van der Waals surface area contributed by atoms with Crippen LogP contribution in [0.5, 0.6) is 0 Å². The van der Waals surface area contributed by atoms with Crippen molar-refractivity contribution in [3.63, 3.8) is 0 Å². The first-order valence-corrected chi connectivity index (χ1v) is 1.74. The topological polar surface area (TPSA) is 75.6 Å². The van der Waals surface area contributed by atoms with Crippen LogP contribution in [0.3, 0.4) is 0 Å². The molecule has 0 atom stereocenters. The number of carboxylic acid groups (broad SMARTS) is 1. The maximum absolute atomic E-state index is 9.91. The van der Waals surface area contributed by atoms with Gasteiger partial charge in [-0.05, 0) is 0 Å². The summed E-state index contributed by atoms with van der Waals surface area (Å²) in [6, 6.07) is 0. The van der Waals surface area contributed by atoms with Crippen molar-refractivity contribution in [3.8, 4) is 0 Å². The molecule has 0 aliphatic heterocycles. The fourth-order valence-electron chi connectivity index (χ4n) is 0.136. The van der Waals surface area contributed by atoms with Crippen LogP contribution in [0.15, 0.2) is 0 Å². The summed E-state index contributed by atoms with van der Waals surface area (Å²) in [6.07, 6.45) is 0. The highest BCUT2D eigenvalue weighted by atomic mass is 16.6. The van der Waals surface area contributed by atoms with E-state index in [1.54, 1.807) is 5.48 Å². The normalized spacial score (nSPS) is 8.12. The van der Waals surface area contributed by atoms with Crippen molar-refractivity contribution in [2.75, 3.05) is 7.11 Å². The highest BCUT2D eigenvalue weighted by Gasteiger charge is 2.08. The number of aliphatic carboxylic acids is 1. The standard InChI is InChI=1S/C3H5NO4/c1-8-4-2(5)3(6)7/h1H3,(H,4,5)(H,6,7). The Balaban J connectivity index is 3.49. The molecule has 0 rings (SSSR count). The Kier molecular flexibility index (Phi) is 2.57. The van der Waals surface area contributed by atoms with E-state index in [1.807, 2.05) is 0 Å². The lowest BCUT2D eigenvalue weighted by Gasteiger charge is -1.92. The summed E-state index contributed by atoms with van der Waals surface area (Å²) in [5.41, 5.74) is 1.61. The first-order chi connectivity index (χ1) is 3.68. The van der Waals surface area contributed by atoms with Crippen molar-refractivity contribution in [1.29, 1.82) is 0 Å². The van der Waals surface area contributed by atoms with Crippen LogP contribution in [0.4, 0.5) is 0 Å². The number of amides is 1. The molecule has 0 saturated carbocycles. The Bertz CT molecular complexity index is 110. The van der Waals surface area contributed by atoms with Gasteiger partial charge >= 0.3 is 11.9 Å². The number of carboxylic acids is 1. The van der Waals surface area contributed by atoms with Gasteiger partial charge < -0.3 is 5.11 Å². The van der Waals surface area contributed by atoms with Gasteiger partial charge in [-0.25, -0.2) is 10.3 Å². The molecule has 0 saturated heterocycles. The van der Waals surface area contributed by atoms with Gasteiger partial charge in [0.15, 0.2) is 0 Å². The molecule has 0 aliphatic carbocycles. The van der Waals surface area contributed by atoms with Gasteiger partial charge in [0.2, 0.25) is 0 Å². The maximum atomic E-state index is 9.91. The second-order valence-corrected chi connectivity index (χ2v) is 0.940. The molecule has 5 heteroatoms. The second kappa shape index (κ2) is 2.98. The first kappa shape index (κ1) is 6.90. The molecule has 0 aromatic heterocycles.